The topological polar surface area (TPSA) is 51.6 Å². The summed E-state index contributed by atoms with van der Waals surface area (Å²) in [6, 6.07) is 30.5. The fraction of sp³-hybridized carbons (Fsp3) is 0.136. The number of rotatable bonds is 4. The van der Waals surface area contributed by atoms with Gasteiger partial charge in [-0.25, -0.2) is 0 Å². The second kappa shape index (κ2) is 11.5. The number of fused-ring (bicyclic) bond motifs is 5. The van der Waals surface area contributed by atoms with E-state index in [4.69, 9.17) is 9.97 Å². The molecule has 0 aliphatic heterocycles. The van der Waals surface area contributed by atoms with Gasteiger partial charge in [-0.2, -0.15) is 0 Å². The highest BCUT2D eigenvalue weighted by Crippen LogP contribution is 2.44. The van der Waals surface area contributed by atoms with E-state index < -0.39 is 0 Å². The summed E-state index contributed by atoms with van der Waals surface area (Å²) in [4.78, 5) is 19.3. The van der Waals surface area contributed by atoms with Gasteiger partial charge in [0.25, 0.3) is 0 Å². The highest BCUT2D eigenvalue weighted by molar-refractivity contribution is 6.21. The van der Waals surface area contributed by atoms with Crippen molar-refractivity contribution in [2.24, 2.45) is 0 Å². The van der Waals surface area contributed by atoms with Gasteiger partial charge < -0.3 is 0 Å². The smallest absolute Gasteiger partial charge is 0.0793 e. The van der Waals surface area contributed by atoms with E-state index in [2.05, 4.69) is 124 Å². The van der Waals surface area contributed by atoms with Gasteiger partial charge in [-0.05, 0) is 134 Å². The summed E-state index contributed by atoms with van der Waals surface area (Å²) < 4.78 is 0. The standard InChI is InChI=1S/C44H36N4/c1-25-19-37-38(43-39(25)41(27(3)29(5)47-43)33-13-7-11-31(21-33)35-15-9-17-45-23-35)20-26(2)40-42(28(4)30(6)48-44(37)40)34-14-8-12-32(22-34)36-16-10-18-46-24-36/h7-24H,1-6H3. The molecule has 0 radical (unpaired) electrons. The molecule has 0 aliphatic carbocycles. The molecule has 48 heavy (non-hydrogen) atoms. The molecule has 0 fully saturated rings. The third-order valence-corrected chi connectivity index (χ3v) is 9.97. The average Bonchev–Trinajstić information content (AvgIpc) is 3.11. The highest BCUT2D eigenvalue weighted by atomic mass is 14.7. The van der Waals surface area contributed by atoms with Crippen LogP contribution in [-0.2, 0) is 0 Å². The van der Waals surface area contributed by atoms with Crippen LogP contribution in [-0.4, -0.2) is 19.9 Å². The van der Waals surface area contributed by atoms with Gasteiger partial charge in [0.15, 0.2) is 0 Å². The molecule has 0 atom stereocenters. The molecular weight excluding hydrogens is 585 g/mol. The van der Waals surface area contributed by atoms with Gasteiger partial charge in [-0.3, -0.25) is 19.9 Å². The van der Waals surface area contributed by atoms with Gasteiger partial charge in [0.1, 0.15) is 0 Å². The highest BCUT2D eigenvalue weighted by Gasteiger charge is 2.21. The van der Waals surface area contributed by atoms with E-state index in [1.54, 1.807) is 0 Å². The molecule has 0 amide bonds. The van der Waals surface area contributed by atoms with Gasteiger partial charge in [-0.15, -0.1) is 0 Å². The van der Waals surface area contributed by atoms with Crippen molar-refractivity contribution < 1.29 is 0 Å². The van der Waals surface area contributed by atoms with E-state index >= 15 is 0 Å². The molecular formula is C44H36N4. The molecule has 4 aromatic carbocycles. The minimum absolute atomic E-state index is 1.03. The van der Waals surface area contributed by atoms with Crippen molar-refractivity contribution in [3.05, 3.63) is 143 Å². The molecule has 0 spiro atoms. The first kappa shape index (κ1) is 29.6. The van der Waals surface area contributed by atoms with Crippen LogP contribution in [0.1, 0.15) is 33.6 Å². The number of pyridine rings is 4. The zero-order valence-electron chi connectivity index (χ0n) is 28.2. The molecule has 8 aromatic rings. The van der Waals surface area contributed by atoms with E-state index in [0.29, 0.717) is 0 Å². The van der Waals surface area contributed by atoms with Crippen LogP contribution in [0, 0.1) is 41.5 Å². The van der Waals surface area contributed by atoms with Crippen LogP contribution in [0.3, 0.4) is 0 Å². The van der Waals surface area contributed by atoms with E-state index in [9.17, 15) is 0 Å². The summed E-state index contributed by atoms with van der Waals surface area (Å²) in [6.45, 7) is 13.1. The SMILES string of the molecule is Cc1nc2c(c(C)cc3c2cc(C)c2c(-c4cccc(-c5cccnc5)c4)c(C)c(C)nc23)c(-c2cccc(-c3cccnc3)c2)c1C. The molecule has 4 nitrogen and oxygen atoms in total. The van der Waals surface area contributed by atoms with Gasteiger partial charge in [-0.1, -0.05) is 48.5 Å². The van der Waals surface area contributed by atoms with E-state index in [0.717, 1.165) is 55.4 Å². The Bertz CT molecular complexity index is 2370. The number of benzene rings is 4. The third kappa shape index (κ3) is 4.75. The van der Waals surface area contributed by atoms with E-state index in [1.165, 1.54) is 55.3 Å². The fourth-order valence-corrected chi connectivity index (χ4v) is 7.37. The quantitative estimate of drug-likeness (QED) is 0.184. The molecule has 0 saturated heterocycles. The maximum absolute atomic E-state index is 5.30. The summed E-state index contributed by atoms with van der Waals surface area (Å²) in [7, 11) is 0. The van der Waals surface area contributed by atoms with Crippen molar-refractivity contribution in [2.75, 3.05) is 0 Å². The molecule has 0 saturated carbocycles. The summed E-state index contributed by atoms with van der Waals surface area (Å²) in [5, 5.41) is 4.67. The minimum Gasteiger partial charge on any atom is -0.264 e. The Balaban J connectivity index is 1.41. The second-order valence-corrected chi connectivity index (χ2v) is 13.0. The van der Waals surface area contributed by atoms with Crippen LogP contribution < -0.4 is 0 Å². The zero-order valence-corrected chi connectivity index (χ0v) is 28.2. The summed E-state index contributed by atoms with van der Waals surface area (Å²) in [5.41, 5.74) is 18.3. The van der Waals surface area contributed by atoms with Gasteiger partial charge in [0.05, 0.1) is 11.0 Å². The summed E-state index contributed by atoms with van der Waals surface area (Å²) >= 11 is 0. The largest absolute Gasteiger partial charge is 0.264 e. The van der Waals surface area contributed by atoms with E-state index in [1.807, 2.05) is 36.9 Å². The molecule has 0 N–H and O–H groups in total. The Labute approximate surface area is 281 Å². The second-order valence-electron chi connectivity index (χ2n) is 13.0. The molecule has 0 unspecified atom stereocenters. The fourth-order valence-electron chi connectivity index (χ4n) is 7.37. The van der Waals surface area contributed by atoms with Crippen LogP contribution >= 0.6 is 0 Å². The van der Waals surface area contributed by atoms with Gasteiger partial charge in [0.2, 0.25) is 0 Å². The Morgan fingerprint density at radius 2 is 0.812 bits per heavy atom. The molecule has 0 aliphatic rings. The van der Waals surface area contributed by atoms with Crippen molar-refractivity contribution in [1.29, 1.82) is 0 Å². The Hall–Kier alpha value is -5.74. The van der Waals surface area contributed by atoms with Gasteiger partial charge in [0, 0.05) is 68.8 Å². The normalized spacial score (nSPS) is 11.5. The van der Waals surface area contributed by atoms with Crippen LogP contribution in [0.15, 0.2) is 110 Å². The van der Waals surface area contributed by atoms with Crippen molar-refractivity contribution in [3.8, 4) is 44.5 Å². The molecule has 4 aromatic heterocycles. The predicted molar refractivity (Wildman–Crippen MR) is 200 cm³/mol. The lowest BCUT2D eigenvalue weighted by Gasteiger charge is -2.20. The van der Waals surface area contributed by atoms with Crippen molar-refractivity contribution >= 4 is 32.6 Å². The van der Waals surface area contributed by atoms with Crippen molar-refractivity contribution in [2.45, 2.75) is 41.5 Å². The van der Waals surface area contributed by atoms with Crippen LogP contribution in [0.5, 0.6) is 0 Å². The Morgan fingerprint density at radius 1 is 0.417 bits per heavy atom. The number of aromatic nitrogens is 4. The average molecular weight is 621 g/mol. The molecule has 4 heteroatoms. The minimum atomic E-state index is 1.03. The molecule has 4 heterocycles. The number of hydrogen-bond donors (Lipinski definition) is 0. The van der Waals surface area contributed by atoms with Crippen molar-refractivity contribution in [1.82, 2.24) is 19.9 Å². The molecule has 232 valence electrons. The predicted octanol–water partition coefficient (Wildman–Crippen LogP) is 11.2. The lowest BCUT2D eigenvalue weighted by molar-refractivity contribution is 1.19. The zero-order chi connectivity index (χ0) is 33.1. The van der Waals surface area contributed by atoms with Crippen molar-refractivity contribution in [3.63, 3.8) is 0 Å². The van der Waals surface area contributed by atoms with Crippen LogP contribution in [0.2, 0.25) is 0 Å². The first-order valence-electron chi connectivity index (χ1n) is 16.5. The maximum atomic E-state index is 5.30. The third-order valence-electron chi connectivity index (χ3n) is 9.97. The van der Waals surface area contributed by atoms with Crippen LogP contribution in [0.25, 0.3) is 77.1 Å². The number of hydrogen-bond acceptors (Lipinski definition) is 4. The maximum Gasteiger partial charge on any atom is 0.0793 e. The molecule has 8 rings (SSSR count). The summed E-state index contributed by atoms with van der Waals surface area (Å²) in [5.74, 6) is 0. The van der Waals surface area contributed by atoms with Crippen LogP contribution in [0.4, 0.5) is 0 Å². The first-order chi connectivity index (χ1) is 23.3. The monoisotopic (exact) mass is 620 g/mol. The lowest BCUT2D eigenvalue weighted by atomic mass is 9.86. The van der Waals surface area contributed by atoms with E-state index in [-0.39, 0.29) is 0 Å². The van der Waals surface area contributed by atoms with Gasteiger partial charge >= 0.3 is 0 Å². The molecule has 0 bridgehead atoms. The number of nitrogens with zero attached hydrogens (tertiary/aromatic N) is 4. The number of aryl methyl sites for hydroxylation is 4. The Morgan fingerprint density at radius 3 is 1.21 bits per heavy atom. The lowest BCUT2D eigenvalue weighted by Crippen LogP contribution is -2.00. The first-order valence-corrected chi connectivity index (χ1v) is 16.5. The Kier molecular flexibility index (Phi) is 7.10. The summed E-state index contributed by atoms with van der Waals surface area (Å²) in [6.07, 6.45) is 7.48.